The summed E-state index contributed by atoms with van der Waals surface area (Å²) >= 11 is 0. The van der Waals surface area contributed by atoms with Crippen molar-refractivity contribution in [3.8, 4) is 0 Å². The molecular weight excluding hydrogens is 280 g/mol. The van der Waals surface area contributed by atoms with Crippen molar-refractivity contribution in [3.63, 3.8) is 0 Å². The Bertz CT molecular complexity index is 516. The third-order valence-electron chi connectivity index (χ3n) is 4.49. The van der Waals surface area contributed by atoms with Crippen molar-refractivity contribution >= 4 is 11.9 Å². The topological polar surface area (TPSA) is 51.5 Å². The highest BCUT2D eigenvalue weighted by molar-refractivity contribution is 5.87. The van der Waals surface area contributed by atoms with Crippen LogP contribution >= 0.6 is 0 Å². The summed E-state index contributed by atoms with van der Waals surface area (Å²) in [6.45, 7) is 5.64. The molecule has 1 aliphatic rings. The number of aromatic nitrogens is 1. The molecule has 122 valence electrons. The molecule has 0 radical (unpaired) electrons. The minimum atomic E-state index is -0.305. The molecule has 0 spiro atoms. The number of esters is 1. The van der Waals surface area contributed by atoms with E-state index in [0.29, 0.717) is 5.69 Å². The summed E-state index contributed by atoms with van der Waals surface area (Å²) in [5, 5.41) is 0. The summed E-state index contributed by atoms with van der Waals surface area (Å²) in [4.78, 5) is 26.1. The summed E-state index contributed by atoms with van der Waals surface area (Å²) < 4.78 is 6.81. The summed E-state index contributed by atoms with van der Waals surface area (Å²) in [7, 11) is 1.40. The smallest absolute Gasteiger partial charge is 0.354 e. The lowest BCUT2D eigenvalue weighted by Gasteiger charge is -2.34. The second-order valence-electron chi connectivity index (χ2n) is 6.04. The van der Waals surface area contributed by atoms with Crippen molar-refractivity contribution < 1.29 is 14.3 Å². The molecule has 5 nitrogen and oxygen atoms in total. The standard InChI is InChI=1S/C17H26N2O3/c1-4-6-13(2)16(20)18-11-8-14(9-12-18)19-10-5-7-15(19)17(21)22-3/h5,7,10,13-14H,4,6,8-9,11-12H2,1-3H3/t13-/m1/s1. The van der Waals surface area contributed by atoms with Crippen LogP contribution in [-0.4, -0.2) is 41.5 Å². The highest BCUT2D eigenvalue weighted by atomic mass is 16.5. The molecule has 1 fully saturated rings. The predicted molar refractivity (Wildman–Crippen MR) is 84.7 cm³/mol. The molecule has 1 atom stereocenters. The molecule has 1 aliphatic heterocycles. The molecule has 0 unspecified atom stereocenters. The average Bonchev–Trinajstić information content (AvgIpc) is 3.03. The highest BCUT2D eigenvalue weighted by Crippen LogP contribution is 2.26. The van der Waals surface area contributed by atoms with Crippen molar-refractivity contribution in [1.29, 1.82) is 0 Å². The van der Waals surface area contributed by atoms with Crippen LogP contribution in [0, 0.1) is 5.92 Å². The molecule has 0 aromatic carbocycles. The Hall–Kier alpha value is -1.78. The molecule has 1 amide bonds. The van der Waals surface area contributed by atoms with Crippen LogP contribution in [0.1, 0.15) is 56.1 Å². The van der Waals surface area contributed by atoms with Gasteiger partial charge in [0.15, 0.2) is 0 Å². The Morgan fingerprint density at radius 3 is 2.64 bits per heavy atom. The lowest BCUT2D eigenvalue weighted by atomic mass is 10.00. The fraction of sp³-hybridized carbons (Fsp3) is 0.647. The number of carbonyl (C=O) groups is 2. The molecule has 1 aromatic rings. The summed E-state index contributed by atoms with van der Waals surface area (Å²) in [6.07, 6.45) is 5.67. The van der Waals surface area contributed by atoms with Crippen LogP contribution < -0.4 is 0 Å². The summed E-state index contributed by atoms with van der Waals surface area (Å²) in [6, 6.07) is 3.91. The first-order valence-electron chi connectivity index (χ1n) is 8.12. The Balaban J connectivity index is 1.97. The zero-order valence-electron chi connectivity index (χ0n) is 13.7. The Kier molecular flexibility index (Phi) is 5.63. The van der Waals surface area contributed by atoms with Crippen molar-refractivity contribution in [3.05, 3.63) is 24.0 Å². The van der Waals surface area contributed by atoms with Gasteiger partial charge in [0, 0.05) is 31.2 Å². The second kappa shape index (κ2) is 7.47. The van der Waals surface area contributed by atoms with Gasteiger partial charge < -0.3 is 14.2 Å². The highest BCUT2D eigenvalue weighted by Gasteiger charge is 2.27. The van der Waals surface area contributed by atoms with E-state index in [4.69, 9.17) is 4.74 Å². The quantitative estimate of drug-likeness (QED) is 0.786. The molecule has 5 heteroatoms. The average molecular weight is 306 g/mol. The lowest BCUT2D eigenvalue weighted by molar-refractivity contribution is -0.136. The lowest BCUT2D eigenvalue weighted by Crippen LogP contribution is -2.41. The van der Waals surface area contributed by atoms with Crippen LogP contribution in [0.3, 0.4) is 0 Å². The maximum atomic E-state index is 12.3. The number of hydrogen-bond donors (Lipinski definition) is 0. The monoisotopic (exact) mass is 306 g/mol. The van der Waals surface area contributed by atoms with E-state index < -0.39 is 0 Å². The third kappa shape index (κ3) is 3.51. The van der Waals surface area contributed by atoms with Gasteiger partial charge in [-0.2, -0.15) is 0 Å². The van der Waals surface area contributed by atoms with Gasteiger partial charge in [-0.3, -0.25) is 4.79 Å². The first kappa shape index (κ1) is 16.6. The Morgan fingerprint density at radius 2 is 2.05 bits per heavy atom. The number of amides is 1. The molecule has 2 rings (SSSR count). The minimum absolute atomic E-state index is 0.110. The molecule has 0 aliphatic carbocycles. The zero-order valence-corrected chi connectivity index (χ0v) is 13.7. The number of piperidine rings is 1. The van der Waals surface area contributed by atoms with Gasteiger partial charge in [0.1, 0.15) is 5.69 Å². The summed E-state index contributed by atoms with van der Waals surface area (Å²) in [5.74, 6) is 0.0693. The number of carbonyl (C=O) groups excluding carboxylic acids is 2. The van der Waals surface area contributed by atoms with Crippen molar-refractivity contribution in [1.82, 2.24) is 9.47 Å². The Morgan fingerprint density at radius 1 is 1.36 bits per heavy atom. The van der Waals surface area contributed by atoms with Crippen molar-refractivity contribution in [2.45, 2.75) is 45.6 Å². The molecule has 22 heavy (non-hydrogen) atoms. The van der Waals surface area contributed by atoms with E-state index in [1.165, 1.54) is 7.11 Å². The van der Waals surface area contributed by atoms with Crippen molar-refractivity contribution in [2.24, 2.45) is 5.92 Å². The van der Waals surface area contributed by atoms with Gasteiger partial charge in [0.25, 0.3) is 0 Å². The fourth-order valence-corrected chi connectivity index (χ4v) is 3.22. The van der Waals surface area contributed by atoms with Gasteiger partial charge in [-0.05, 0) is 31.4 Å². The van der Waals surface area contributed by atoms with E-state index in [1.807, 2.05) is 28.7 Å². The number of hydrogen-bond acceptors (Lipinski definition) is 3. The van der Waals surface area contributed by atoms with E-state index in [9.17, 15) is 9.59 Å². The first-order chi connectivity index (χ1) is 10.6. The normalized spacial score (nSPS) is 17.3. The number of likely N-dealkylation sites (tertiary alicyclic amines) is 1. The van der Waals surface area contributed by atoms with Gasteiger partial charge in [0.05, 0.1) is 7.11 Å². The minimum Gasteiger partial charge on any atom is -0.464 e. The molecule has 2 heterocycles. The maximum absolute atomic E-state index is 12.3. The largest absolute Gasteiger partial charge is 0.464 e. The first-order valence-corrected chi connectivity index (χ1v) is 8.12. The number of methoxy groups -OCH3 is 1. The molecule has 1 saturated heterocycles. The number of nitrogens with zero attached hydrogens (tertiary/aromatic N) is 2. The van der Waals surface area contributed by atoms with E-state index >= 15 is 0 Å². The molecular formula is C17H26N2O3. The van der Waals surface area contributed by atoms with Crippen molar-refractivity contribution in [2.75, 3.05) is 20.2 Å². The van der Waals surface area contributed by atoms with E-state index in [1.54, 1.807) is 6.07 Å². The van der Waals surface area contributed by atoms with Gasteiger partial charge in [-0.15, -0.1) is 0 Å². The second-order valence-corrected chi connectivity index (χ2v) is 6.04. The number of rotatable bonds is 5. The molecule has 0 bridgehead atoms. The molecule has 1 aromatic heterocycles. The van der Waals surface area contributed by atoms with Crippen LogP contribution in [0.25, 0.3) is 0 Å². The Labute approximate surface area is 132 Å². The fourth-order valence-electron chi connectivity index (χ4n) is 3.22. The predicted octanol–water partition coefficient (Wildman–Crippen LogP) is 2.87. The van der Waals surface area contributed by atoms with Crippen LogP contribution in [0.2, 0.25) is 0 Å². The maximum Gasteiger partial charge on any atom is 0.354 e. The van der Waals surface area contributed by atoms with Gasteiger partial charge >= 0.3 is 5.97 Å². The van der Waals surface area contributed by atoms with E-state index in [-0.39, 0.29) is 23.8 Å². The zero-order chi connectivity index (χ0) is 16.1. The van der Waals surface area contributed by atoms with Crippen LogP contribution in [-0.2, 0) is 9.53 Å². The molecule has 0 N–H and O–H groups in total. The van der Waals surface area contributed by atoms with E-state index in [2.05, 4.69) is 6.92 Å². The van der Waals surface area contributed by atoms with Crippen LogP contribution in [0.15, 0.2) is 18.3 Å². The van der Waals surface area contributed by atoms with E-state index in [0.717, 1.165) is 38.8 Å². The summed E-state index contributed by atoms with van der Waals surface area (Å²) in [5.41, 5.74) is 0.589. The SMILES string of the molecule is CCC[C@@H](C)C(=O)N1CCC(n2cccc2C(=O)OC)CC1. The van der Waals surface area contributed by atoms with Crippen LogP contribution in [0.5, 0.6) is 0 Å². The third-order valence-corrected chi connectivity index (χ3v) is 4.49. The van der Waals surface area contributed by atoms with Crippen LogP contribution in [0.4, 0.5) is 0 Å². The van der Waals surface area contributed by atoms with Gasteiger partial charge in [0.2, 0.25) is 5.91 Å². The van der Waals surface area contributed by atoms with Gasteiger partial charge in [-0.25, -0.2) is 4.79 Å². The number of ether oxygens (including phenoxy) is 1. The molecule has 0 saturated carbocycles. The van der Waals surface area contributed by atoms with Gasteiger partial charge in [-0.1, -0.05) is 20.3 Å².